The molecule has 1 aromatic rings. The van der Waals surface area contributed by atoms with E-state index >= 15 is 0 Å². The van der Waals surface area contributed by atoms with Crippen molar-refractivity contribution in [3.63, 3.8) is 0 Å². The van der Waals surface area contributed by atoms with Crippen LogP contribution in [0.25, 0.3) is 0 Å². The molecule has 1 saturated carbocycles. The second-order valence-electron chi connectivity index (χ2n) is 5.48. The molecular formula is C14H22N2O2S. The van der Waals surface area contributed by atoms with E-state index in [-0.39, 0.29) is 6.04 Å². The fraction of sp³-hybridized carbons (Fsp3) is 0.571. The zero-order valence-electron chi connectivity index (χ0n) is 11.5. The lowest BCUT2D eigenvalue weighted by Crippen LogP contribution is -2.38. The number of hydrogen-bond acceptors (Lipinski definition) is 4. The van der Waals surface area contributed by atoms with Crippen molar-refractivity contribution in [1.29, 1.82) is 0 Å². The monoisotopic (exact) mass is 282 g/mol. The van der Waals surface area contributed by atoms with Crippen LogP contribution in [0.1, 0.15) is 49.3 Å². The van der Waals surface area contributed by atoms with E-state index in [4.69, 9.17) is 5.84 Å². The Morgan fingerprint density at radius 3 is 2.53 bits per heavy atom. The van der Waals surface area contributed by atoms with Crippen molar-refractivity contribution in [3.8, 4) is 0 Å². The lowest BCUT2D eigenvalue weighted by atomic mass is 9.79. The highest BCUT2D eigenvalue weighted by Gasteiger charge is 2.27. The average Bonchev–Trinajstić information content (AvgIpc) is 2.27. The fourth-order valence-electron chi connectivity index (χ4n) is 2.50. The number of sulfone groups is 1. The van der Waals surface area contributed by atoms with Gasteiger partial charge in [0.2, 0.25) is 0 Å². The van der Waals surface area contributed by atoms with Gasteiger partial charge in [-0.2, -0.15) is 0 Å². The Labute approximate surface area is 115 Å². The molecule has 2 rings (SSSR count). The second kappa shape index (κ2) is 5.61. The predicted octanol–water partition coefficient (Wildman–Crippen LogP) is 1.89. The normalized spacial score (nSPS) is 19.7. The first kappa shape index (κ1) is 14.5. The Morgan fingerprint density at radius 1 is 1.37 bits per heavy atom. The first-order valence-electron chi connectivity index (χ1n) is 6.68. The summed E-state index contributed by atoms with van der Waals surface area (Å²) in [5, 5.41) is -0.547. The van der Waals surface area contributed by atoms with E-state index in [1.165, 1.54) is 31.1 Å². The van der Waals surface area contributed by atoms with E-state index in [0.717, 1.165) is 5.56 Å². The molecule has 0 radical (unpaired) electrons. The molecule has 1 fully saturated rings. The highest BCUT2D eigenvalue weighted by Crippen LogP contribution is 2.37. The molecule has 4 nitrogen and oxygen atoms in total. The first-order valence-corrected chi connectivity index (χ1v) is 8.64. The topological polar surface area (TPSA) is 72.2 Å². The smallest absolute Gasteiger partial charge is 0.151 e. The minimum Gasteiger partial charge on any atom is -0.271 e. The van der Waals surface area contributed by atoms with Gasteiger partial charge in [-0.05, 0) is 36.8 Å². The Bertz CT molecular complexity index is 538. The maximum Gasteiger partial charge on any atom is 0.151 e. The SMILES string of the molecule is CC(C(NN)c1cccc(C2CCC2)c1)S(C)(=O)=O. The fourth-order valence-corrected chi connectivity index (χ4v) is 3.23. The van der Waals surface area contributed by atoms with Gasteiger partial charge in [0, 0.05) is 6.26 Å². The summed E-state index contributed by atoms with van der Waals surface area (Å²) in [7, 11) is -3.13. The Kier molecular flexibility index (Phi) is 4.28. The van der Waals surface area contributed by atoms with E-state index in [1.54, 1.807) is 6.92 Å². The van der Waals surface area contributed by atoms with E-state index in [0.29, 0.717) is 5.92 Å². The zero-order valence-corrected chi connectivity index (χ0v) is 12.3. The van der Waals surface area contributed by atoms with Crippen molar-refractivity contribution < 1.29 is 8.42 Å². The maximum absolute atomic E-state index is 11.7. The summed E-state index contributed by atoms with van der Waals surface area (Å²) in [6.45, 7) is 1.69. The number of rotatable bonds is 5. The molecule has 0 spiro atoms. The Hall–Kier alpha value is -0.910. The summed E-state index contributed by atoms with van der Waals surface area (Å²) >= 11 is 0. The van der Waals surface area contributed by atoms with Crippen LogP contribution in [0.5, 0.6) is 0 Å². The number of nitrogens with two attached hydrogens (primary N) is 1. The van der Waals surface area contributed by atoms with Crippen LogP contribution in [0.15, 0.2) is 24.3 Å². The minimum absolute atomic E-state index is 0.366. The van der Waals surface area contributed by atoms with Crippen molar-refractivity contribution in [3.05, 3.63) is 35.4 Å². The molecule has 0 saturated heterocycles. The van der Waals surface area contributed by atoms with E-state index < -0.39 is 15.1 Å². The molecule has 0 amide bonds. The number of hydrazine groups is 1. The third kappa shape index (κ3) is 3.16. The molecule has 1 aliphatic rings. The summed E-state index contributed by atoms with van der Waals surface area (Å²) in [4.78, 5) is 0. The molecule has 0 bridgehead atoms. The van der Waals surface area contributed by atoms with Crippen molar-refractivity contribution in [1.82, 2.24) is 5.43 Å². The summed E-state index contributed by atoms with van der Waals surface area (Å²) < 4.78 is 23.4. The van der Waals surface area contributed by atoms with Crippen molar-refractivity contribution in [2.75, 3.05) is 6.26 Å². The van der Waals surface area contributed by atoms with Gasteiger partial charge < -0.3 is 0 Å². The lowest BCUT2D eigenvalue weighted by molar-refractivity contribution is 0.418. The molecular weight excluding hydrogens is 260 g/mol. The van der Waals surface area contributed by atoms with Gasteiger partial charge in [0.25, 0.3) is 0 Å². The molecule has 3 N–H and O–H groups in total. The van der Waals surface area contributed by atoms with E-state index in [9.17, 15) is 8.42 Å². The van der Waals surface area contributed by atoms with Gasteiger partial charge >= 0.3 is 0 Å². The first-order chi connectivity index (χ1) is 8.93. The van der Waals surface area contributed by atoms with Gasteiger partial charge in [-0.1, -0.05) is 30.7 Å². The molecule has 0 aromatic heterocycles. The van der Waals surface area contributed by atoms with Crippen LogP contribution in [-0.2, 0) is 9.84 Å². The summed E-state index contributed by atoms with van der Waals surface area (Å²) in [5.41, 5.74) is 4.89. The third-order valence-corrected chi connectivity index (χ3v) is 5.79. The molecule has 1 aliphatic carbocycles. The number of nitrogens with one attached hydrogen (secondary N) is 1. The van der Waals surface area contributed by atoms with Crippen molar-refractivity contribution in [2.24, 2.45) is 5.84 Å². The third-order valence-electron chi connectivity index (χ3n) is 4.17. The molecule has 19 heavy (non-hydrogen) atoms. The van der Waals surface area contributed by atoms with Crippen LogP contribution >= 0.6 is 0 Å². The van der Waals surface area contributed by atoms with Gasteiger partial charge in [-0.15, -0.1) is 0 Å². The van der Waals surface area contributed by atoms with Crippen LogP contribution in [-0.4, -0.2) is 19.9 Å². The predicted molar refractivity (Wildman–Crippen MR) is 77.4 cm³/mol. The molecule has 106 valence electrons. The van der Waals surface area contributed by atoms with Crippen LogP contribution in [0.2, 0.25) is 0 Å². The summed E-state index contributed by atoms with van der Waals surface area (Å²) in [6, 6.07) is 7.77. The van der Waals surface area contributed by atoms with Gasteiger partial charge in [0.05, 0.1) is 11.3 Å². The van der Waals surface area contributed by atoms with Gasteiger partial charge in [0.15, 0.2) is 9.84 Å². The molecule has 2 atom stereocenters. The van der Waals surface area contributed by atoms with Crippen LogP contribution in [0.3, 0.4) is 0 Å². The second-order valence-corrected chi connectivity index (χ2v) is 7.88. The minimum atomic E-state index is -3.13. The van der Waals surface area contributed by atoms with Crippen molar-refractivity contribution >= 4 is 9.84 Å². The van der Waals surface area contributed by atoms with E-state index in [1.807, 2.05) is 12.1 Å². The van der Waals surface area contributed by atoms with Crippen LogP contribution in [0.4, 0.5) is 0 Å². The number of hydrogen-bond donors (Lipinski definition) is 2. The van der Waals surface area contributed by atoms with Gasteiger partial charge in [-0.3, -0.25) is 11.3 Å². The molecule has 0 aliphatic heterocycles. The van der Waals surface area contributed by atoms with Crippen LogP contribution in [0, 0.1) is 0 Å². The van der Waals surface area contributed by atoms with Gasteiger partial charge in [-0.25, -0.2) is 8.42 Å². The lowest BCUT2D eigenvalue weighted by Gasteiger charge is -2.28. The van der Waals surface area contributed by atoms with Crippen LogP contribution < -0.4 is 11.3 Å². The summed E-state index contributed by atoms with van der Waals surface area (Å²) in [5.74, 6) is 6.19. The zero-order chi connectivity index (χ0) is 14.0. The highest BCUT2D eigenvalue weighted by molar-refractivity contribution is 7.91. The standard InChI is InChI=1S/C14H22N2O2S/c1-10(19(2,17)18)14(16-15)13-8-4-7-12(9-13)11-5-3-6-11/h4,7-11,14,16H,3,5-6,15H2,1-2H3. The largest absolute Gasteiger partial charge is 0.271 e. The Morgan fingerprint density at radius 2 is 2.05 bits per heavy atom. The quantitative estimate of drug-likeness (QED) is 0.639. The van der Waals surface area contributed by atoms with Gasteiger partial charge in [0.1, 0.15) is 0 Å². The number of benzene rings is 1. The maximum atomic E-state index is 11.7. The molecule has 1 aromatic carbocycles. The van der Waals surface area contributed by atoms with Crippen molar-refractivity contribution in [2.45, 2.75) is 43.4 Å². The average molecular weight is 282 g/mol. The molecule has 5 heteroatoms. The van der Waals surface area contributed by atoms with E-state index in [2.05, 4.69) is 17.6 Å². The molecule has 0 heterocycles. The molecule has 2 unspecified atom stereocenters. The highest BCUT2D eigenvalue weighted by atomic mass is 32.2. The Balaban J connectivity index is 2.27. The summed E-state index contributed by atoms with van der Waals surface area (Å²) in [6.07, 6.45) is 4.99.